The first kappa shape index (κ1) is 15.8. The predicted octanol–water partition coefficient (Wildman–Crippen LogP) is 2.48. The molecule has 0 radical (unpaired) electrons. The average Bonchev–Trinajstić information content (AvgIpc) is 2.99. The molecule has 4 N–H and O–H groups in total. The van der Waals surface area contributed by atoms with Crippen molar-refractivity contribution in [1.29, 1.82) is 0 Å². The molecule has 1 aliphatic rings. The Kier molecular flexibility index (Phi) is 5.59. The summed E-state index contributed by atoms with van der Waals surface area (Å²) in [5.41, 5.74) is 7.61. The number of carbonyl (C=O) groups excluding carboxylic acids is 1. The molecule has 1 aromatic rings. The molecule has 1 aromatic carbocycles. The molecule has 0 aromatic heterocycles. The number of anilines is 1. The zero-order valence-corrected chi connectivity index (χ0v) is 12.6. The van der Waals surface area contributed by atoms with Crippen LogP contribution in [-0.2, 0) is 0 Å². The lowest BCUT2D eigenvalue weighted by Crippen LogP contribution is -2.43. The van der Waals surface area contributed by atoms with Crippen LogP contribution in [0, 0.1) is 0 Å². The molecule has 1 aliphatic carbocycles. The van der Waals surface area contributed by atoms with Gasteiger partial charge in [-0.15, -0.1) is 0 Å². The van der Waals surface area contributed by atoms with E-state index >= 15 is 0 Å². The van der Waals surface area contributed by atoms with Crippen molar-refractivity contribution in [3.8, 4) is 0 Å². The second-order valence-corrected chi connectivity index (χ2v) is 5.70. The van der Waals surface area contributed by atoms with Crippen molar-refractivity contribution < 1.29 is 9.90 Å². The molecule has 1 fully saturated rings. The summed E-state index contributed by atoms with van der Waals surface area (Å²) in [5.74, 6) is 0. The molecule has 5 nitrogen and oxygen atoms in total. The van der Waals surface area contributed by atoms with Gasteiger partial charge in [-0.3, -0.25) is 0 Å². The lowest BCUT2D eigenvalue weighted by Gasteiger charge is -2.28. The molecule has 5 heteroatoms. The predicted molar refractivity (Wildman–Crippen MR) is 84.1 cm³/mol. The largest absolute Gasteiger partial charge is 0.395 e. The summed E-state index contributed by atoms with van der Waals surface area (Å²) in [7, 11) is 0. The normalized spacial score (nSPS) is 16.7. The zero-order chi connectivity index (χ0) is 15.2. The van der Waals surface area contributed by atoms with E-state index in [4.69, 9.17) is 5.73 Å². The molecule has 0 heterocycles. The molecule has 116 valence electrons. The Morgan fingerprint density at radius 1 is 1.38 bits per heavy atom. The Morgan fingerprint density at radius 2 is 2.00 bits per heavy atom. The number of hydrogen-bond donors (Lipinski definition) is 3. The van der Waals surface area contributed by atoms with Crippen molar-refractivity contribution in [2.45, 2.75) is 44.7 Å². The van der Waals surface area contributed by atoms with Crippen LogP contribution in [0.2, 0.25) is 0 Å². The molecule has 1 saturated carbocycles. The van der Waals surface area contributed by atoms with Crippen molar-refractivity contribution in [3.63, 3.8) is 0 Å². The fourth-order valence-electron chi connectivity index (χ4n) is 2.84. The Bertz CT molecular complexity index is 453. The van der Waals surface area contributed by atoms with Crippen molar-refractivity contribution in [2.75, 3.05) is 18.5 Å². The topological polar surface area (TPSA) is 78.6 Å². The summed E-state index contributed by atoms with van der Waals surface area (Å²) in [4.78, 5) is 14.1. The molecule has 0 bridgehead atoms. The maximum atomic E-state index is 12.4. The molecule has 21 heavy (non-hydrogen) atoms. The van der Waals surface area contributed by atoms with Gasteiger partial charge in [0.15, 0.2) is 0 Å². The maximum Gasteiger partial charge on any atom is 0.322 e. The molecule has 0 aliphatic heterocycles. The number of nitrogens with two attached hydrogens (primary N) is 1. The van der Waals surface area contributed by atoms with Crippen LogP contribution in [0.5, 0.6) is 0 Å². The molecule has 2 rings (SSSR count). The van der Waals surface area contributed by atoms with E-state index in [1.54, 1.807) is 4.90 Å². The number of nitrogens with one attached hydrogen (secondary N) is 1. The minimum Gasteiger partial charge on any atom is -0.395 e. The third-order valence-corrected chi connectivity index (χ3v) is 4.05. The van der Waals surface area contributed by atoms with Gasteiger partial charge in [0.05, 0.1) is 6.61 Å². The van der Waals surface area contributed by atoms with E-state index < -0.39 is 0 Å². The molecular formula is C16H25N3O2. The molecule has 0 saturated heterocycles. The minimum absolute atomic E-state index is 0.00640. The number of amides is 2. The minimum atomic E-state index is -0.135. The van der Waals surface area contributed by atoms with Gasteiger partial charge >= 0.3 is 6.03 Å². The van der Waals surface area contributed by atoms with E-state index in [0.29, 0.717) is 6.54 Å². The van der Waals surface area contributed by atoms with Crippen LogP contribution in [0.4, 0.5) is 10.5 Å². The van der Waals surface area contributed by atoms with Gasteiger partial charge < -0.3 is 21.1 Å². The second kappa shape index (κ2) is 7.43. The highest BCUT2D eigenvalue weighted by Crippen LogP contribution is 2.24. The Balaban J connectivity index is 2.00. The monoisotopic (exact) mass is 291 g/mol. The Labute approximate surface area is 126 Å². The van der Waals surface area contributed by atoms with Gasteiger partial charge in [0.1, 0.15) is 0 Å². The van der Waals surface area contributed by atoms with Gasteiger partial charge in [0.2, 0.25) is 0 Å². The van der Waals surface area contributed by atoms with Gasteiger partial charge in [0, 0.05) is 24.3 Å². The lowest BCUT2D eigenvalue weighted by atomic mass is 10.1. The number of benzene rings is 1. The quantitative estimate of drug-likeness (QED) is 0.780. The van der Waals surface area contributed by atoms with Crippen LogP contribution in [0.25, 0.3) is 0 Å². The first-order valence-electron chi connectivity index (χ1n) is 7.66. The maximum absolute atomic E-state index is 12.4. The third kappa shape index (κ3) is 4.19. The first-order valence-corrected chi connectivity index (χ1v) is 7.66. The smallest absolute Gasteiger partial charge is 0.322 e. The number of aliphatic hydroxyl groups excluding tert-OH is 1. The molecule has 1 atom stereocenters. The van der Waals surface area contributed by atoms with Crippen molar-refractivity contribution in [2.24, 2.45) is 5.73 Å². The van der Waals surface area contributed by atoms with Crippen LogP contribution in [0.1, 0.15) is 44.2 Å². The standard InChI is InChI=1S/C16H25N3O2/c1-12(17)13-6-8-14(9-7-13)18-16(21)19(10-11-20)15-4-2-3-5-15/h6-9,12,15,20H,2-5,10-11,17H2,1H3,(H,18,21). The fraction of sp³-hybridized carbons (Fsp3) is 0.562. The number of nitrogens with zero attached hydrogens (tertiary/aromatic N) is 1. The Morgan fingerprint density at radius 3 is 2.52 bits per heavy atom. The van der Waals surface area contributed by atoms with E-state index in [2.05, 4.69) is 5.32 Å². The van der Waals surface area contributed by atoms with Crippen LogP contribution in [0.3, 0.4) is 0 Å². The van der Waals surface area contributed by atoms with E-state index in [1.165, 1.54) is 0 Å². The summed E-state index contributed by atoms with van der Waals surface area (Å²) in [6.07, 6.45) is 4.36. The van der Waals surface area contributed by atoms with Crippen LogP contribution in [0.15, 0.2) is 24.3 Å². The van der Waals surface area contributed by atoms with Gasteiger partial charge in [-0.25, -0.2) is 4.79 Å². The highest BCUT2D eigenvalue weighted by Gasteiger charge is 2.26. The van der Waals surface area contributed by atoms with Crippen LogP contribution in [-0.4, -0.2) is 35.2 Å². The van der Waals surface area contributed by atoms with Crippen molar-refractivity contribution in [3.05, 3.63) is 29.8 Å². The summed E-state index contributed by atoms with van der Waals surface area (Å²) in [6.45, 7) is 2.30. The van der Waals surface area contributed by atoms with Crippen LogP contribution >= 0.6 is 0 Å². The van der Waals surface area contributed by atoms with E-state index in [9.17, 15) is 9.90 Å². The van der Waals surface area contributed by atoms with Gasteiger partial charge in [-0.05, 0) is 37.5 Å². The number of urea groups is 1. The summed E-state index contributed by atoms with van der Waals surface area (Å²) in [6, 6.07) is 7.67. The highest BCUT2D eigenvalue weighted by atomic mass is 16.3. The average molecular weight is 291 g/mol. The van der Waals surface area contributed by atoms with Crippen LogP contribution < -0.4 is 11.1 Å². The summed E-state index contributed by atoms with van der Waals surface area (Å²) < 4.78 is 0. The number of hydrogen-bond acceptors (Lipinski definition) is 3. The number of carbonyl (C=O) groups is 1. The van der Waals surface area contributed by atoms with Gasteiger partial charge in [-0.2, -0.15) is 0 Å². The van der Waals surface area contributed by atoms with E-state index in [1.807, 2.05) is 31.2 Å². The van der Waals surface area contributed by atoms with E-state index in [0.717, 1.165) is 36.9 Å². The number of rotatable bonds is 5. The summed E-state index contributed by atoms with van der Waals surface area (Å²) in [5, 5.41) is 12.1. The second-order valence-electron chi connectivity index (χ2n) is 5.70. The molecule has 0 spiro atoms. The fourth-order valence-corrected chi connectivity index (χ4v) is 2.84. The lowest BCUT2D eigenvalue weighted by molar-refractivity contribution is 0.163. The van der Waals surface area contributed by atoms with Crippen molar-refractivity contribution in [1.82, 2.24) is 4.90 Å². The van der Waals surface area contributed by atoms with Gasteiger partial charge in [-0.1, -0.05) is 25.0 Å². The summed E-state index contributed by atoms with van der Waals surface area (Å²) >= 11 is 0. The van der Waals surface area contributed by atoms with E-state index in [-0.39, 0.29) is 24.7 Å². The number of aliphatic hydroxyl groups is 1. The highest BCUT2D eigenvalue weighted by molar-refractivity contribution is 5.89. The zero-order valence-electron chi connectivity index (χ0n) is 12.6. The third-order valence-electron chi connectivity index (χ3n) is 4.05. The molecule has 1 unspecified atom stereocenters. The van der Waals surface area contributed by atoms with Gasteiger partial charge in [0.25, 0.3) is 0 Å². The van der Waals surface area contributed by atoms with Crippen molar-refractivity contribution >= 4 is 11.7 Å². The SMILES string of the molecule is CC(N)c1ccc(NC(=O)N(CCO)C2CCCC2)cc1. The molecular weight excluding hydrogens is 266 g/mol. The Hall–Kier alpha value is -1.59. The molecule has 2 amide bonds. The first-order chi connectivity index (χ1) is 10.1.